The van der Waals surface area contributed by atoms with Crippen LogP contribution in [0.25, 0.3) is 0 Å². The lowest BCUT2D eigenvalue weighted by Crippen LogP contribution is -3.62. The fraction of sp³-hybridized carbons (Fsp3) is 0.0400. The summed E-state index contributed by atoms with van der Waals surface area (Å²) in [7, 11) is 0. The van der Waals surface area contributed by atoms with Crippen molar-refractivity contribution in [3.8, 4) is 46.0 Å². The fourth-order valence-electron chi connectivity index (χ4n) is 5.50. The predicted octanol–water partition coefficient (Wildman–Crippen LogP) is 7.97. The van der Waals surface area contributed by atoms with Crippen LogP contribution in [0.2, 0.25) is 0 Å². The third-order valence-corrected chi connectivity index (χ3v) is 14.8. The van der Waals surface area contributed by atoms with Crippen LogP contribution < -0.4 is 61.4 Å². The standard InChI is InChI=1S/C26H20F2IO2.C24H16F2IO2/c1-17-15-23(30-21-7-3-19(27)4-8-21)11-13-25(17)29-26-14-12-24(16-18(26)2)31-22-9-5-20(28)6-10-22;25-17-1-9-21(10-2-17)28-23-13-5-19(6-14-23)27-20-7-15-24(16-8-20)29-22-11-3-18(26)4-12-22/h3-16H,1-2H3;1-16H/q2*+1. The van der Waals surface area contributed by atoms with Gasteiger partial charge in [0.1, 0.15) is 69.3 Å². The molecule has 8 aromatic carbocycles. The van der Waals surface area contributed by atoms with Gasteiger partial charge in [-0.25, -0.2) is 17.6 Å². The van der Waals surface area contributed by atoms with Gasteiger partial charge in [-0.05, 0) is 196 Å². The lowest BCUT2D eigenvalue weighted by atomic mass is 10.2. The first-order valence-corrected chi connectivity index (χ1v) is 22.9. The molecule has 0 spiro atoms. The summed E-state index contributed by atoms with van der Waals surface area (Å²) in [5, 5.41) is 0. The van der Waals surface area contributed by atoms with Gasteiger partial charge in [0, 0.05) is 11.1 Å². The van der Waals surface area contributed by atoms with Crippen LogP contribution in [0.4, 0.5) is 17.6 Å². The van der Waals surface area contributed by atoms with Gasteiger partial charge in [-0.3, -0.25) is 0 Å². The molecule has 0 heterocycles. The normalized spacial score (nSPS) is 10.6. The largest absolute Gasteiger partial charge is 0.457 e. The summed E-state index contributed by atoms with van der Waals surface area (Å²) in [6, 6.07) is 51.9. The predicted molar refractivity (Wildman–Crippen MR) is 216 cm³/mol. The van der Waals surface area contributed by atoms with Crippen molar-refractivity contribution < 1.29 is 78.9 Å². The third kappa shape index (κ3) is 12.6. The van der Waals surface area contributed by atoms with E-state index in [9.17, 15) is 17.6 Å². The summed E-state index contributed by atoms with van der Waals surface area (Å²) < 4.78 is 80.3. The average molecular weight is 1030 g/mol. The van der Waals surface area contributed by atoms with Gasteiger partial charge in [-0.1, -0.05) is 0 Å². The van der Waals surface area contributed by atoms with E-state index in [2.05, 4.69) is 50.2 Å². The van der Waals surface area contributed by atoms with Gasteiger partial charge >= 0.3 is 42.4 Å². The highest BCUT2D eigenvalue weighted by Gasteiger charge is 2.22. The molecule has 0 bridgehead atoms. The molecular weight excluding hydrogens is 994 g/mol. The van der Waals surface area contributed by atoms with Gasteiger partial charge in [0.15, 0.2) is 14.3 Å². The number of rotatable bonds is 12. The summed E-state index contributed by atoms with van der Waals surface area (Å²) >= 11 is -0.717. The SMILES string of the molecule is Cc1cc(Oc2ccc(F)cc2)ccc1[I+]c1ccc(Oc2ccc(F)cc2)cc1C.Fc1ccc(Oc2ccc([I+]c3ccc(Oc4ccc(F)cc4)cc3)cc2)cc1. The Morgan fingerprint density at radius 3 is 0.783 bits per heavy atom. The highest BCUT2D eigenvalue weighted by Crippen LogP contribution is 2.25. The van der Waals surface area contributed by atoms with Crippen molar-refractivity contribution in [2.24, 2.45) is 0 Å². The Labute approximate surface area is 366 Å². The van der Waals surface area contributed by atoms with Crippen molar-refractivity contribution >= 4 is 0 Å². The topological polar surface area (TPSA) is 36.9 Å². The minimum Gasteiger partial charge on any atom is -0.457 e. The number of benzene rings is 8. The first-order chi connectivity index (χ1) is 29.1. The molecule has 0 aromatic heterocycles. The fourth-order valence-corrected chi connectivity index (χ4v) is 10.2. The lowest BCUT2D eigenvalue weighted by Gasteiger charge is -2.07. The molecule has 0 aliphatic rings. The molecule has 0 N–H and O–H groups in total. The first kappa shape index (κ1) is 42.3. The third-order valence-electron chi connectivity index (χ3n) is 8.51. The monoisotopic (exact) mass is 1030 g/mol. The Hall–Kier alpha value is -5.86. The Balaban J connectivity index is 0.000000182. The van der Waals surface area contributed by atoms with Crippen molar-refractivity contribution in [3.63, 3.8) is 0 Å². The molecule has 4 nitrogen and oxygen atoms in total. The summed E-state index contributed by atoms with van der Waals surface area (Å²) in [6.45, 7) is 4.15. The van der Waals surface area contributed by atoms with E-state index in [4.69, 9.17) is 18.9 Å². The summed E-state index contributed by atoms with van der Waals surface area (Å²) in [5.41, 5.74) is 2.33. The minimum atomic E-state index is -0.380. The van der Waals surface area contributed by atoms with Crippen LogP contribution in [0.3, 0.4) is 0 Å². The molecule has 0 aliphatic heterocycles. The maximum absolute atomic E-state index is 13.1. The summed E-state index contributed by atoms with van der Waals surface area (Å²) in [6.07, 6.45) is 0. The zero-order valence-electron chi connectivity index (χ0n) is 32.2. The highest BCUT2D eigenvalue weighted by molar-refractivity contribution is 5.36. The molecule has 0 saturated carbocycles. The number of halogens is 6. The van der Waals surface area contributed by atoms with Crippen LogP contribution in [0.15, 0.2) is 182 Å². The van der Waals surface area contributed by atoms with Gasteiger partial charge in [0.2, 0.25) is 0 Å². The summed E-state index contributed by atoms with van der Waals surface area (Å²) in [4.78, 5) is 0. The molecule has 0 unspecified atom stereocenters. The molecule has 0 amide bonds. The van der Waals surface area contributed by atoms with Gasteiger partial charge < -0.3 is 18.9 Å². The van der Waals surface area contributed by atoms with E-state index in [1.165, 1.54) is 73.9 Å². The van der Waals surface area contributed by atoms with E-state index in [0.29, 0.717) is 34.5 Å². The van der Waals surface area contributed by atoms with Gasteiger partial charge in [-0.15, -0.1) is 0 Å². The van der Waals surface area contributed by atoms with E-state index >= 15 is 0 Å². The lowest BCUT2D eigenvalue weighted by molar-refractivity contribution is -0.598. The van der Waals surface area contributed by atoms with E-state index in [-0.39, 0.29) is 65.7 Å². The van der Waals surface area contributed by atoms with Crippen LogP contribution in [0, 0.1) is 51.4 Å². The number of hydrogen-bond donors (Lipinski definition) is 0. The second-order valence-electron chi connectivity index (χ2n) is 13.1. The molecular formula is C50H36F4I2O4+2. The molecule has 8 rings (SSSR count). The van der Waals surface area contributed by atoms with Crippen LogP contribution in [-0.2, 0) is 0 Å². The molecule has 0 fully saturated rings. The van der Waals surface area contributed by atoms with Crippen LogP contribution in [0.1, 0.15) is 11.1 Å². The second kappa shape index (κ2) is 20.4. The molecule has 0 atom stereocenters. The van der Waals surface area contributed by atoms with Crippen molar-refractivity contribution in [2.75, 3.05) is 0 Å². The Morgan fingerprint density at radius 2 is 0.517 bits per heavy atom. The molecule has 300 valence electrons. The molecule has 60 heavy (non-hydrogen) atoms. The van der Waals surface area contributed by atoms with Crippen LogP contribution in [0.5, 0.6) is 46.0 Å². The number of ether oxygens (including phenoxy) is 4. The number of aryl methyl sites for hydroxylation is 2. The maximum Gasteiger partial charge on any atom is 0.358 e. The van der Waals surface area contributed by atoms with Crippen LogP contribution in [-0.4, -0.2) is 0 Å². The first-order valence-electron chi connectivity index (χ1n) is 18.5. The Morgan fingerprint density at radius 1 is 0.283 bits per heavy atom. The van der Waals surface area contributed by atoms with Gasteiger partial charge in [0.05, 0.1) is 0 Å². The number of hydrogen-bond acceptors (Lipinski definition) is 4. The van der Waals surface area contributed by atoms with Crippen molar-refractivity contribution in [3.05, 3.63) is 231 Å². The molecule has 0 aliphatic carbocycles. The zero-order valence-corrected chi connectivity index (χ0v) is 36.5. The Bertz CT molecular complexity index is 2440. The van der Waals surface area contributed by atoms with E-state index in [0.717, 1.165) is 11.5 Å². The summed E-state index contributed by atoms with van der Waals surface area (Å²) in [5.74, 6) is 4.18. The molecule has 10 heteroatoms. The quantitative estimate of drug-likeness (QED) is 0.0921. The zero-order chi connectivity index (χ0) is 41.8. The minimum absolute atomic E-state index is 0.284. The van der Waals surface area contributed by atoms with E-state index in [1.807, 2.05) is 48.5 Å². The molecule has 0 radical (unpaired) electrons. The maximum atomic E-state index is 13.1. The highest BCUT2D eigenvalue weighted by atomic mass is 127. The van der Waals surface area contributed by atoms with E-state index in [1.54, 1.807) is 48.5 Å². The molecule has 8 aromatic rings. The average Bonchev–Trinajstić information content (AvgIpc) is 3.25. The second-order valence-corrected chi connectivity index (χ2v) is 19.0. The van der Waals surface area contributed by atoms with Gasteiger partial charge in [-0.2, -0.15) is 0 Å². The van der Waals surface area contributed by atoms with E-state index < -0.39 is 0 Å². The van der Waals surface area contributed by atoms with Crippen molar-refractivity contribution in [2.45, 2.75) is 13.8 Å². The van der Waals surface area contributed by atoms with Crippen molar-refractivity contribution in [1.29, 1.82) is 0 Å². The van der Waals surface area contributed by atoms with Crippen LogP contribution >= 0.6 is 0 Å². The van der Waals surface area contributed by atoms with Crippen molar-refractivity contribution in [1.82, 2.24) is 0 Å². The molecule has 0 saturated heterocycles. The van der Waals surface area contributed by atoms with Gasteiger partial charge in [0.25, 0.3) is 0 Å². The Kier molecular flexibility index (Phi) is 14.4. The smallest absolute Gasteiger partial charge is 0.358 e.